The number of nitrogens with one attached hydrogen (secondary N) is 1. The molecule has 1 aromatic heterocycles. The summed E-state index contributed by atoms with van der Waals surface area (Å²) in [5, 5.41) is 12.2. The number of oxazole rings is 1. The zero-order valence-corrected chi connectivity index (χ0v) is 13.6. The van der Waals surface area contributed by atoms with Gasteiger partial charge in [0.15, 0.2) is 11.7 Å². The fourth-order valence-corrected chi connectivity index (χ4v) is 3.13. The van der Waals surface area contributed by atoms with E-state index in [-0.39, 0.29) is 5.91 Å². The molecule has 0 aliphatic heterocycles. The summed E-state index contributed by atoms with van der Waals surface area (Å²) in [7, 11) is 0. The molecule has 124 valence electrons. The minimum atomic E-state index is -0.638. The Balaban J connectivity index is 1.48. The van der Waals surface area contributed by atoms with Gasteiger partial charge in [0.25, 0.3) is 0 Å². The van der Waals surface area contributed by atoms with E-state index >= 15 is 0 Å². The van der Waals surface area contributed by atoms with Crippen LogP contribution < -0.4 is 5.32 Å². The van der Waals surface area contributed by atoms with Crippen molar-refractivity contribution in [2.75, 3.05) is 0 Å². The number of aromatic nitrogens is 1. The molecule has 5 heteroatoms. The van der Waals surface area contributed by atoms with Crippen LogP contribution in [-0.2, 0) is 11.2 Å². The lowest BCUT2D eigenvalue weighted by atomic mass is 9.99. The Morgan fingerprint density at radius 2 is 2.04 bits per heavy atom. The Morgan fingerprint density at radius 1 is 1.29 bits per heavy atom. The second-order valence-electron chi connectivity index (χ2n) is 6.29. The fourth-order valence-electron chi connectivity index (χ4n) is 3.13. The van der Waals surface area contributed by atoms with Crippen molar-refractivity contribution in [1.82, 2.24) is 10.3 Å². The molecule has 0 radical (unpaired) electrons. The summed E-state index contributed by atoms with van der Waals surface area (Å²) in [5.41, 5.74) is 0.353. The van der Waals surface area contributed by atoms with Gasteiger partial charge in [-0.2, -0.15) is 5.26 Å². The average Bonchev–Trinajstić information content (AvgIpc) is 3.26. The molecule has 2 aromatic rings. The Bertz CT molecular complexity index is 725. The van der Waals surface area contributed by atoms with Crippen molar-refractivity contribution in [1.29, 1.82) is 5.26 Å². The highest BCUT2D eigenvalue weighted by atomic mass is 16.4. The molecule has 0 spiro atoms. The van der Waals surface area contributed by atoms with E-state index in [0.29, 0.717) is 25.2 Å². The normalized spacial score (nSPS) is 15.8. The molecule has 0 unspecified atom stereocenters. The van der Waals surface area contributed by atoms with Gasteiger partial charge in [0.1, 0.15) is 5.54 Å². The van der Waals surface area contributed by atoms with Gasteiger partial charge >= 0.3 is 0 Å². The highest BCUT2D eigenvalue weighted by Crippen LogP contribution is 2.29. The molecule has 1 N–H and O–H groups in total. The number of aryl methyl sites for hydroxylation is 1. The van der Waals surface area contributed by atoms with Crippen LogP contribution in [0.5, 0.6) is 0 Å². The number of carbonyl (C=O) groups is 1. The van der Waals surface area contributed by atoms with Crippen LogP contribution in [0.25, 0.3) is 11.3 Å². The first-order chi connectivity index (χ1) is 11.7. The highest BCUT2D eigenvalue weighted by Gasteiger charge is 2.35. The number of hydrogen-bond acceptors (Lipinski definition) is 4. The molecule has 1 aromatic carbocycles. The Kier molecular flexibility index (Phi) is 4.95. The predicted molar refractivity (Wildman–Crippen MR) is 89.8 cm³/mol. The molecule has 1 aliphatic carbocycles. The molecular weight excluding hydrogens is 302 g/mol. The number of amides is 1. The number of benzene rings is 1. The predicted octanol–water partition coefficient (Wildman–Crippen LogP) is 3.62. The van der Waals surface area contributed by atoms with Gasteiger partial charge in [-0.25, -0.2) is 4.98 Å². The standard InChI is InChI=1S/C19H21N3O2/c20-14-19(11-4-5-12-19)22-17(23)9-6-10-18-21-13-16(24-18)15-7-2-1-3-8-15/h1-3,7-8,13H,4-6,9-12H2,(H,22,23). The summed E-state index contributed by atoms with van der Waals surface area (Å²) in [6.45, 7) is 0. The van der Waals surface area contributed by atoms with Gasteiger partial charge < -0.3 is 9.73 Å². The van der Waals surface area contributed by atoms with Crippen LogP contribution in [0.4, 0.5) is 0 Å². The Morgan fingerprint density at radius 3 is 2.75 bits per heavy atom. The monoisotopic (exact) mass is 323 g/mol. The third-order valence-electron chi connectivity index (χ3n) is 4.46. The number of rotatable bonds is 6. The SMILES string of the molecule is N#CC1(NC(=O)CCCc2ncc(-c3ccccc3)o2)CCCC1. The molecule has 5 nitrogen and oxygen atoms in total. The third-order valence-corrected chi connectivity index (χ3v) is 4.46. The Hall–Kier alpha value is -2.61. The van der Waals surface area contributed by atoms with E-state index < -0.39 is 5.54 Å². The van der Waals surface area contributed by atoms with E-state index in [4.69, 9.17) is 4.42 Å². The van der Waals surface area contributed by atoms with Crippen LogP contribution in [0.1, 0.15) is 44.4 Å². The summed E-state index contributed by atoms with van der Waals surface area (Å²) < 4.78 is 5.73. The van der Waals surface area contributed by atoms with E-state index in [9.17, 15) is 10.1 Å². The van der Waals surface area contributed by atoms with Crippen molar-refractivity contribution in [3.05, 3.63) is 42.4 Å². The molecule has 1 saturated carbocycles. The first-order valence-corrected chi connectivity index (χ1v) is 8.43. The number of nitrogens with zero attached hydrogens (tertiary/aromatic N) is 2. The van der Waals surface area contributed by atoms with Gasteiger partial charge in [0.2, 0.25) is 5.91 Å². The number of carbonyl (C=O) groups excluding carboxylic acids is 1. The van der Waals surface area contributed by atoms with Gasteiger partial charge in [-0.3, -0.25) is 4.79 Å². The van der Waals surface area contributed by atoms with E-state index in [2.05, 4.69) is 16.4 Å². The minimum Gasteiger partial charge on any atom is -0.441 e. The lowest BCUT2D eigenvalue weighted by Gasteiger charge is -2.21. The van der Waals surface area contributed by atoms with Crippen LogP contribution in [0.2, 0.25) is 0 Å². The Labute approximate surface area is 141 Å². The van der Waals surface area contributed by atoms with E-state index in [1.165, 1.54) is 0 Å². The summed E-state index contributed by atoms with van der Waals surface area (Å²) in [6.07, 6.45) is 6.89. The second-order valence-corrected chi connectivity index (χ2v) is 6.29. The van der Waals surface area contributed by atoms with Gasteiger partial charge in [-0.15, -0.1) is 0 Å². The molecule has 0 saturated heterocycles. The van der Waals surface area contributed by atoms with Crippen molar-refractivity contribution >= 4 is 5.91 Å². The maximum Gasteiger partial charge on any atom is 0.221 e. The largest absolute Gasteiger partial charge is 0.441 e. The van der Waals surface area contributed by atoms with E-state index in [1.807, 2.05) is 30.3 Å². The highest BCUT2D eigenvalue weighted by molar-refractivity contribution is 5.77. The topological polar surface area (TPSA) is 78.9 Å². The maximum absolute atomic E-state index is 12.1. The minimum absolute atomic E-state index is 0.0618. The van der Waals surface area contributed by atoms with Gasteiger partial charge in [0, 0.05) is 18.4 Å². The van der Waals surface area contributed by atoms with Gasteiger partial charge in [-0.05, 0) is 32.1 Å². The third kappa shape index (κ3) is 3.83. The van der Waals surface area contributed by atoms with Gasteiger partial charge in [0.05, 0.1) is 12.3 Å². The van der Waals surface area contributed by atoms with E-state index in [0.717, 1.165) is 37.0 Å². The zero-order valence-electron chi connectivity index (χ0n) is 13.6. The van der Waals surface area contributed by atoms with Crippen LogP contribution in [0, 0.1) is 11.3 Å². The van der Waals surface area contributed by atoms with Crippen LogP contribution in [0.15, 0.2) is 40.9 Å². The number of hydrogen-bond donors (Lipinski definition) is 1. The molecule has 1 fully saturated rings. The van der Waals surface area contributed by atoms with Crippen molar-refractivity contribution in [2.24, 2.45) is 0 Å². The average molecular weight is 323 g/mol. The van der Waals surface area contributed by atoms with Gasteiger partial charge in [-0.1, -0.05) is 30.3 Å². The summed E-state index contributed by atoms with van der Waals surface area (Å²) in [6, 6.07) is 12.1. The first kappa shape index (κ1) is 16.3. The lowest BCUT2D eigenvalue weighted by Crippen LogP contribution is -2.45. The zero-order chi connectivity index (χ0) is 16.8. The van der Waals surface area contributed by atoms with Crippen LogP contribution >= 0.6 is 0 Å². The van der Waals surface area contributed by atoms with Crippen molar-refractivity contribution in [3.8, 4) is 17.4 Å². The van der Waals surface area contributed by atoms with Crippen molar-refractivity contribution in [3.63, 3.8) is 0 Å². The van der Waals surface area contributed by atoms with Crippen LogP contribution in [0.3, 0.4) is 0 Å². The molecule has 1 aliphatic rings. The molecule has 0 atom stereocenters. The summed E-state index contributed by atoms with van der Waals surface area (Å²) >= 11 is 0. The van der Waals surface area contributed by atoms with Crippen LogP contribution in [-0.4, -0.2) is 16.4 Å². The van der Waals surface area contributed by atoms with Crippen molar-refractivity contribution in [2.45, 2.75) is 50.5 Å². The molecule has 1 heterocycles. The first-order valence-electron chi connectivity index (χ1n) is 8.43. The smallest absolute Gasteiger partial charge is 0.221 e. The second kappa shape index (κ2) is 7.31. The quantitative estimate of drug-likeness (QED) is 0.880. The molecule has 1 amide bonds. The molecular formula is C19H21N3O2. The molecule has 3 rings (SSSR count). The molecule has 0 bridgehead atoms. The van der Waals surface area contributed by atoms with E-state index in [1.54, 1.807) is 6.20 Å². The lowest BCUT2D eigenvalue weighted by molar-refractivity contribution is -0.122. The summed E-state index contributed by atoms with van der Waals surface area (Å²) in [5.74, 6) is 1.32. The molecule has 24 heavy (non-hydrogen) atoms. The fraction of sp³-hybridized carbons (Fsp3) is 0.421. The van der Waals surface area contributed by atoms with Crippen molar-refractivity contribution < 1.29 is 9.21 Å². The maximum atomic E-state index is 12.1. The summed E-state index contributed by atoms with van der Waals surface area (Å²) in [4.78, 5) is 16.3. The number of nitriles is 1.